The van der Waals surface area contributed by atoms with Gasteiger partial charge in [0.05, 0.1) is 5.39 Å². The summed E-state index contributed by atoms with van der Waals surface area (Å²) in [5.41, 5.74) is 3.28. The second kappa shape index (κ2) is 4.46. The van der Waals surface area contributed by atoms with Gasteiger partial charge in [-0.3, -0.25) is 0 Å². The Morgan fingerprint density at radius 2 is 1.83 bits per heavy atom. The molecule has 3 rings (SSSR count). The third-order valence-corrected chi connectivity index (χ3v) is 3.79. The van der Waals surface area contributed by atoms with Crippen molar-refractivity contribution in [1.29, 1.82) is 0 Å². The van der Waals surface area contributed by atoms with Gasteiger partial charge in [-0.05, 0) is 32.0 Å². The van der Waals surface area contributed by atoms with Gasteiger partial charge in [0.2, 0.25) is 0 Å². The Hall–Kier alpha value is -1.81. The smallest absolute Gasteiger partial charge is 0.142 e. The molecule has 0 spiro atoms. The molecule has 0 unspecified atom stereocenters. The molecule has 1 N–H and O–H groups in total. The number of hydrogen-bond donors (Lipinski definition) is 1. The van der Waals surface area contributed by atoms with Gasteiger partial charge in [0.15, 0.2) is 0 Å². The highest BCUT2D eigenvalue weighted by molar-refractivity contribution is 7.99. The quantitative estimate of drug-likeness (QED) is 0.709. The summed E-state index contributed by atoms with van der Waals surface area (Å²) in [5, 5.41) is 2.08. The van der Waals surface area contributed by atoms with Gasteiger partial charge in [0, 0.05) is 10.6 Å². The van der Waals surface area contributed by atoms with Crippen LogP contribution >= 0.6 is 11.8 Å². The Kier molecular flexibility index (Phi) is 2.80. The van der Waals surface area contributed by atoms with E-state index in [2.05, 4.69) is 52.2 Å². The van der Waals surface area contributed by atoms with Crippen LogP contribution in [0, 0.1) is 13.8 Å². The molecule has 4 heteroatoms. The van der Waals surface area contributed by atoms with E-state index in [1.54, 1.807) is 18.1 Å². The predicted octanol–water partition coefficient (Wildman–Crippen LogP) is 3.73. The standard InChI is InChI=1S/C14H13N3S/c1-9-3-5-11(6-4-9)18-14-12-7-10(2)17-13(12)15-8-16-14/h3-8H,1-2H3,(H,15,16,17). The molecule has 0 saturated carbocycles. The number of aryl methyl sites for hydroxylation is 2. The Morgan fingerprint density at radius 1 is 1.06 bits per heavy atom. The first-order chi connectivity index (χ1) is 8.72. The summed E-state index contributed by atoms with van der Waals surface area (Å²) in [6.07, 6.45) is 1.61. The first kappa shape index (κ1) is 11.3. The molecule has 1 aromatic carbocycles. The molecule has 2 heterocycles. The summed E-state index contributed by atoms with van der Waals surface area (Å²) in [7, 11) is 0. The first-order valence-corrected chi connectivity index (χ1v) is 6.59. The minimum atomic E-state index is 0.900. The molecule has 0 atom stereocenters. The lowest BCUT2D eigenvalue weighted by atomic mass is 10.2. The molecule has 18 heavy (non-hydrogen) atoms. The van der Waals surface area contributed by atoms with Crippen molar-refractivity contribution in [3.63, 3.8) is 0 Å². The second-order valence-electron chi connectivity index (χ2n) is 4.31. The Bertz CT molecular complexity index is 686. The van der Waals surface area contributed by atoms with Gasteiger partial charge >= 0.3 is 0 Å². The van der Waals surface area contributed by atoms with Crippen molar-refractivity contribution >= 4 is 22.8 Å². The van der Waals surface area contributed by atoms with Crippen LogP contribution in [0.15, 0.2) is 46.6 Å². The van der Waals surface area contributed by atoms with Crippen LogP contribution in [0.3, 0.4) is 0 Å². The summed E-state index contributed by atoms with van der Waals surface area (Å²) in [6, 6.07) is 10.6. The Morgan fingerprint density at radius 3 is 2.61 bits per heavy atom. The maximum Gasteiger partial charge on any atom is 0.142 e. The Labute approximate surface area is 110 Å². The van der Waals surface area contributed by atoms with Gasteiger partial charge in [-0.1, -0.05) is 29.5 Å². The molecule has 0 fully saturated rings. The fraction of sp³-hybridized carbons (Fsp3) is 0.143. The molecule has 0 radical (unpaired) electrons. The van der Waals surface area contributed by atoms with Crippen LogP contribution in [0.1, 0.15) is 11.3 Å². The molecule has 0 aliphatic carbocycles. The van der Waals surface area contributed by atoms with Gasteiger partial charge in [-0.25, -0.2) is 9.97 Å². The summed E-state index contributed by atoms with van der Waals surface area (Å²) in [5.74, 6) is 0. The van der Waals surface area contributed by atoms with E-state index in [0.29, 0.717) is 0 Å². The number of nitrogens with zero attached hydrogens (tertiary/aromatic N) is 2. The van der Waals surface area contributed by atoms with E-state index >= 15 is 0 Å². The van der Waals surface area contributed by atoms with Gasteiger partial charge in [0.25, 0.3) is 0 Å². The number of aromatic nitrogens is 3. The van der Waals surface area contributed by atoms with E-state index in [1.807, 2.05) is 6.92 Å². The third kappa shape index (κ3) is 2.11. The van der Waals surface area contributed by atoms with Crippen molar-refractivity contribution in [3.05, 3.63) is 47.9 Å². The zero-order chi connectivity index (χ0) is 12.5. The van der Waals surface area contributed by atoms with E-state index in [4.69, 9.17) is 0 Å². The first-order valence-electron chi connectivity index (χ1n) is 5.77. The minimum Gasteiger partial charge on any atom is -0.343 e. The lowest BCUT2D eigenvalue weighted by molar-refractivity contribution is 1.09. The van der Waals surface area contributed by atoms with Gasteiger partial charge < -0.3 is 4.98 Å². The van der Waals surface area contributed by atoms with Crippen LogP contribution in [0.5, 0.6) is 0 Å². The van der Waals surface area contributed by atoms with Crippen LogP contribution in [0.4, 0.5) is 0 Å². The molecule has 0 bridgehead atoms. The van der Waals surface area contributed by atoms with Crippen LogP contribution in [-0.4, -0.2) is 15.0 Å². The molecule has 90 valence electrons. The molecular formula is C14H13N3S. The van der Waals surface area contributed by atoms with E-state index in [0.717, 1.165) is 21.8 Å². The average Bonchev–Trinajstić information content (AvgIpc) is 2.73. The highest BCUT2D eigenvalue weighted by Gasteiger charge is 2.07. The number of rotatable bonds is 2. The lowest BCUT2D eigenvalue weighted by Gasteiger charge is -2.02. The molecular weight excluding hydrogens is 242 g/mol. The van der Waals surface area contributed by atoms with Crippen molar-refractivity contribution < 1.29 is 0 Å². The number of benzene rings is 1. The zero-order valence-electron chi connectivity index (χ0n) is 10.3. The number of aromatic amines is 1. The van der Waals surface area contributed by atoms with Crippen LogP contribution < -0.4 is 0 Å². The molecule has 2 aromatic heterocycles. The minimum absolute atomic E-state index is 0.900. The summed E-state index contributed by atoms with van der Waals surface area (Å²) >= 11 is 1.67. The molecule has 3 aromatic rings. The van der Waals surface area contributed by atoms with Crippen molar-refractivity contribution in [2.75, 3.05) is 0 Å². The van der Waals surface area contributed by atoms with E-state index in [1.165, 1.54) is 10.5 Å². The fourth-order valence-corrected chi connectivity index (χ4v) is 2.71. The van der Waals surface area contributed by atoms with Crippen molar-refractivity contribution in [1.82, 2.24) is 15.0 Å². The van der Waals surface area contributed by atoms with Crippen molar-refractivity contribution in [2.45, 2.75) is 23.8 Å². The highest BCUT2D eigenvalue weighted by atomic mass is 32.2. The molecule has 0 aliphatic heterocycles. The lowest BCUT2D eigenvalue weighted by Crippen LogP contribution is -1.84. The second-order valence-corrected chi connectivity index (χ2v) is 5.37. The number of hydrogen-bond acceptors (Lipinski definition) is 3. The highest BCUT2D eigenvalue weighted by Crippen LogP contribution is 2.31. The largest absolute Gasteiger partial charge is 0.343 e. The van der Waals surface area contributed by atoms with E-state index in [9.17, 15) is 0 Å². The molecule has 0 amide bonds. The molecule has 0 aliphatic rings. The van der Waals surface area contributed by atoms with Crippen LogP contribution in [-0.2, 0) is 0 Å². The van der Waals surface area contributed by atoms with Gasteiger partial charge in [-0.2, -0.15) is 0 Å². The number of H-pyrrole nitrogens is 1. The maximum atomic E-state index is 4.37. The summed E-state index contributed by atoms with van der Waals surface area (Å²) in [6.45, 7) is 4.12. The van der Waals surface area contributed by atoms with Crippen molar-refractivity contribution in [3.8, 4) is 0 Å². The van der Waals surface area contributed by atoms with Crippen LogP contribution in [0.2, 0.25) is 0 Å². The SMILES string of the molecule is Cc1ccc(Sc2ncnc3[nH]c(C)cc23)cc1. The fourth-order valence-electron chi connectivity index (χ4n) is 1.85. The number of nitrogens with one attached hydrogen (secondary N) is 1. The van der Waals surface area contributed by atoms with Crippen molar-refractivity contribution in [2.24, 2.45) is 0 Å². The number of fused-ring (bicyclic) bond motifs is 1. The van der Waals surface area contributed by atoms with E-state index < -0.39 is 0 Å². The average molecular weight is 255 g/mol. The maximum absolute atomic E-state index is 4.37. The normalized spacial score (nSPS) is 11.0. The monoisotopic (exact) mass is 255 g/mol. The van der Waals surface area contributed by atoms with Gasteiger partial charge in [-0.15, -0.1) is 0 Å². The molecule has 0 saturated heterocycles. The topological polar surface area (TPSA) is 41.6 Å². The third-order valence-electron chi connectivity index (χ3n) is 2.76. The summed E-state index contributed by atoms with van der Waals surface area (Å²) in [4.78, 5) is 13.0. The predicted molar refractivity (Wildman–Crippen MR) is 73.9 cm³/mol. The zero-order valence-corrected chi connectivity index (χ0v) is 11.1. The van der Waals surface area contributed by atoms with Gasteiger partial charge in [0.1, 0.15) is 17.0 Å². The Balaban J connectivity index is 2.01. The van der Waals surface area contributed by atoms with E-state index in [-0.39, 0.29) is 0 Å². The summed E-state index contributed by atoms with van der Waals surface area (Å²) < 4.78 is 0. The molecule has 3 nitrogen and oxygen atoms in total. The van der Waals surface area contributed by atoms with Crippen LogP contribution in [0.25, 0.3) is 11.0 Å².